The highest BCUT2D eigenvalue weighted by atomic mass is 32.2. The van der Waals surface area contributed by atoms with E-state index in [2.05, 4.69) is 15.0 Å². The van der Waals surface area contributed by atoms with E-state index >= 15 is 0 Å². The molecule has 1 aromatic heterocycles. The van der Waals surface area contributed by atoms with Gasteiger partial charge in [-0.3, -0.25) is 14.8 Å². The van der Waals surface area contributed by atoms with Crippen molar-refractivity contribution in [3.05, 3.63) is 58.3 Å². The lowest BCUT2D eigenvalue weighted by Gasteiger charge is -2.09. The van der Waals surface area contributed by atoms with E-state index < -0.39 is 14.9 Å². The number of nitro benzene ring substituents is 1. The quantitative estimate of drug-likeness (QED) is 0.574. The average molecular weight is 347 g/mol. The number of hydrogen-bond acceptors (Lipinski definition) is 7. The highest BCUT2D eigenvalue weighted by Gasteiger charge is 2.16. The Kier molecular flexibility index (Phi) is 5.28. The van der Waals surface area contributed by atoms with Gasteiger partial charge in [-0.2, -0.15) is 5.26 Å². The number of rotatable bonds is 7. The van der Waals surface area contributed by atoms with Crippen LogP contribution in [0.2, 0.25) is 0 Å². The first-order valence-electron chi connectivity index (χ1n) is 6.75. The molecule has 10 heteroatoms. The zero-order valence-electron chi connectivity index (χ0n) is 12.3. The Hall–Kier alpha value is -3.19. The molecule has 2 rings (SSSR count). The lowest BCUT2D eigenvalue weighted by atomic mass is 10.2. The summed E-state index contributed by atoms with van der Waals surface area (Å²) in [6.07, 6.45) is 1.45. The molecule has 0 spiro atoms. The van der Waals surface area contributed by atoms with Crippen LogP contribution in [-0.4, -0.2) is 30.6 Å². The third kappa shape index (κ3) is 4.65. The second-order valence-corrected chi connectivity index (χ2v) is 6.51. The van der Waals surface area contributed by atoms with E-state index in [1.54, 1.807) is 12.1 Å². The summed E-state index contributed by atoms with van der Waals surface area (Å²) in [4.78, 5) is 14.2. The second kappa shape index (κ2) is 7.38. The number of hydrogen-bond donors (Lipinski definition) is 2. The normalized spacial score (nSPS) is 10.6. The smallest absolute Gasteiger partial charge is 0.293 e. The maximum Gasteiger partial charge on any atom is 0.293 e. The summed E-state index contributed by atoms with van der Waals surface area (Å²) >= 11 is 0. The summed E-state index contributed by atoms with van der Waals surface area (Å²) < 4.78 is 26.2. The largest absolute Gasteiger partial charge is 0.378 e. The number of nitro groups is 1. The summed E-state index contributed by atoms with van der Waals surface area (Å²) in [7, 11) is -3.65. The molecule has 0 saturated heterocycles. The molecule has 2 aromatic rings. The predicted octanol–water partition coefficient (Wildman–Crippen LogP) is 1.72. The van der Waals surface area contributed by atoms with E-state index in [0.717, 1.165) is 6.07 Å². The van der Waals surface area contributed by atoms with Gasteiger partial charge >= 0.3 is 0 Å². The van der Waals surface area contributed by atoms with Gasteiger partial charge in [0.15, 0.2) is 0 Å². The Balaban J connectivity index is 2.01. The number of aromatic nitrogens is 1. The molecule has 1 aromatic carbocycles. The third-order valence-electron chi connectivity index (χ3n) is 2.93. The molecule has 0 radical (unpaired) electrons. The molecule has 0 aliphatic carbocycles. The van der Waals surface area contributed by atoms with Crippen LogP contribution in [0.1, 0.15) is 5.56 Å². The summed E-state index contributed by atoms with van der Waals surface area (Å²) in [5.41, 5.74) is 0.00728. The summed E-state index contributed by atoms with van der Waals surface area (Å²) in [5, 5.41) is 22.5. The van der Waals surface area contributed by atoms with Crippen LogP contribution in [0.4, 0.5) is 17.2 Å². The number of pyridine rings is 1. The highest BCUT2D eigenvalue weighted by Crippen LogP contribution is 2.25. The summed E-state index contributed by atoms with van der Waals surface area (Å²) in [5.74, 6) is -0.109. The Morgan fingerprint density at radius 3 is 2.71 bits per heavy atom. The Morgan fingerprint density at radius 2 is 2.08 bits per heavy atom. The van der Waals surface area contributed by atoms with Gasteiger partial charge in [0, 0.05) is 18.8 Å². The minimum absolute atomic E-state index is 0.0467. The second-order valence-electron chi connectivity index (χ2n) is 4.66. The van der Waals surface area contributed by atoms with Crippen molar-refractivity contribution >= 4 is 27.2 Å². The Labute approximate surface area is 138 Å². The van der Waals surface area contributed by atoms with Crippen molar-refractivity contribution in [3.8, 4) is 6.07 Å². The lowest BCUT2D eigenvalue weighted by Crippen LogP contribution is -2.22. The van der Waals surface area contributed by atoms with E-state index in [4.69, 9.17) is 5.26 Å². The van der Waals surface area contributed by atoms with Gasteiger partial charge in [0.1, 0.15) is 11.5 Å². The molecule has 0 bridgehead atoms. The predicted molar refractivity (Wildman–Crippen MR) is 87.9 cm³/mol. The van der Waals surface area contributed by atoms with Gasteiger partial charge in [-0.15, -0.1) is 0 Å². The molecule has 1 heterocycles. The molecule has 0 fully saturated rings. The van der Waals surface area contributed by atoms with Crippen molar-refractivity contribution in [3.63, 3.8) is 0 Å². The SMILES string of the molecule is N#Cc1ccc(NCCS(=O)(=O)Nc2ccccn2)c([N+](=O)[O-])c1. The maximum absolute atomic E-state index is 11.9. The minimum atomic E-state index is -3.65. The number of nitriles is 1. The fourth-order valence-electron chi connectivity index (χ4n) is 1.86. The average Bonchev–Trinajstić information content (AvgIpc) is 2.55. The Morgan fingerprint density at radius 1 is 1.29 bits per heavy atom. The van der Waals surface area contributed by atoms with Crippen molar-refractivity contribution in [1.29, 1.82) is 5.26 Å². The molecular weight excluding hydrogens is 334 g/mol. The molecule has 2 N–H and O–H groups in total. The number of anilines is 2. The first-order chi connectivity index (χ1) is 11.4. The van der Waals surface area contributed by atoms with Gasteiger partial charge in [0.05, 0.1) is 22.3 Å². The van der Waals surface area contributed by atoms with Crippen molar-refractivity contribution in [1.82, 2.24) is 4.98 Å². The van der Waals surface area contributed by atoms with Crippen molar-refractivity contribution in [2.75, 3.05) is 22.3 Å². The van der Waals surface area contributed by atoms with Crippen molar-refractivity contribution in [2.45, 2.75) is 0 Å². The number of benzene rings is 1. The van der Waals surface area contributed by atoms with E-state index in [-0.39, 0.29) is 35.1 Å². The molecule has 24 heavy (non-hydrogen) atoms. The molecule has 0 atom stereocenters. The van der Waals surface area contributed by atoms with E-state index in [0.29, 0.717) is 0 Å². The molecule has 0 saturated carbocycles. The first kappa shape index (κ1) is 17.2. The van der Waals surface area contributed by atoms with Crippen LogP contribution in [0.3, 0.4) is 0 Å². The van der Waals surface area contributed by atoms with Crippen molar-refractivity contribution in [2.24, 2.45) is 0 Å². The van der Waals surface area contributed by atoms with Gasteiger partial charge < -0.3 is 5.32 Å². The van der Waals surface area contributed by atoms with E-state index in [1.165, 1.54) is 24.4 Å². The molecule has 0 aliphatic heterocycles. The monoisotopic (exact) mass is 347 g/mol. The van der Waals surface area contributed by atoms with Gasteiger partial charge in [-0.1, -0.05) is 6.07 Å². The molecule has 0 amide bonds. The zero-order chi connectivity index (χ0) is 17.6. The van der Waals surface area contributed by atoms with Crippen LogP contribution in [-0.2, 0) is 10.0 Å². The minimum Gasteiger partial charge on any atom is -0.378 e. The number of nitrogens with zero attached hydrogens (tertiary/aromatic N) is 3. The van der Waals surface area contributed by atoms with Gasteiger partial charge in [-0.05, 0) is 24.3 Å². The third-order valence-corrected chi connectivity index (χ3v) is 4.20. The van der Waals surface area contributed by atoms with E-state index in [1.807, 2.05) is 6.07 Å². The van der Waals surface area contributed by atoms with Crippen LogP contribution in [0, 0.1) is 21.4 Å². The van der Waals surface area contributed by atoms with Crippen LogP contribution in [0.25, 0.3) is 0 Å². The lowest BCUT2D eigenvalue weighted by molar-refractivity contribution is -0.384. The number of nitrogens with one attached hydrogen (secondary N) is 2. The van der Waals surface area contributed by atoms with E-state index in [9.17, 15) is 18.5 Å². The maximum atomic E-state index is 11.9. The standard InChI is InChI=1S/C14H13N5O4S/c15-10-11-4-5-12(13(9-11)19(20)21)16-7-8-24(22,23)18-14-3-1-2-6-17-14/h1-6,9,16H,7-8H2,(H,17,18). The fraction of sp³-hybridized carbons (Fsp3) is 0.143. The Bertz CT molecular complexity index is 878. The summed E-state index contributed by atoms with van der Waals surface area (Å²) in [6.45, 7) is -0.0467. The van der Waals surface area contributed by atoms with Crippen LogP contribution in [0.15, 0.2) is 42.6 Å². The van der Waals surface area contributed by atoms with Crippen molar-refractivity contribution < 1.29 is 13.3 Å². The molecule has 0 unspecified atom stereocenters. The fourth-order valence-corrected chi connectivity index (χ4v) is 2.77. The molecule has 9 nitrogen and oxygen atoms in total. The number of sulfonamides is 1. The van der Waals surface area contributed by atoms with Crippen LogP contribution >= 0.6 is 0 Å². The molecular formula is C14H13N5O4S. The zero-order valence-corrected chi connectivity index (χ0v) is 13.2. The van der Waals surface area contributed by atoms with Crippen LogP contribution < -0.4 is 10.0 Å². The van der Waals surface area contributed by atoms with Gasteiger partial charge in [-0.25, -0.2) is 13.4 Å². The first-order valence-corrected chi connectivity index (χ1v) is 8.40. The van der Waals surface area contributed by atoms with Crippen LogP contribution in [0.5, 0.6) is 0 Å². The van der Waals surface area contributed by atoms with Gasteiger partial charge in [0.2, 0.25) is 10.0 Å². The molecule has 124 valence electrons. The molecule has 0 aliphatic rings. The topological polar surface area (TPSA) is 138 Å². The van der Waals surface area contributed by atoms with Gasteiger partial charge in [0.25, 0.3) is 5.69 Å². The highest BCUT2D eigenvalue weighted by molar-refractivity contribution is 7.92. The summed E-state index contributed by atoms with van der Waals surface area (Å²) in [6, 6.07) is 10.5.